The van der Waals surface area contributed by atoms with Crippen molar-refractivity contribution in [3.05, 3.63) is 12.1 Å². The summed E-state index contributed by atoms with van der Waals surface area (Å²) in [5, 5.41) is 6.15. The van der Waals surface area contributed by atoms with Crippen molar-refractivity contribution in [1.82, 2.24) is 4.98 Å². The van der Waals surface area contributed by atoms with E-state index < -0.39 is 0 Å². The number of rotatable bonds is 7. The molecular weight excluding hydrogens is 314 g/mol. The van der Waals surface area contributed by atoms with Gasteiger partial charge in [0.15, 0.2) is 5.13 Å². The zero-order chi connectivity index (χ0) is 16.8. The van der Waals surface area contributed by atoms with Crippen LogP contribution in [0, 0.1) is 0 Å². The van der Waals surface area contributed by atoms with Crippen LogP contribution in [-0.4, -0.2) is 23.9 Å². The number of fused-ring (bicyclic) bond motifs is 1. The highest BCUT2D eigenvalue weighted by Gasteiger charge is 2.13. The summed E-state index contributed by atoms with van der Waals surface area (Å²) in [5.74, 6) is 0.468. The van der Waals surface area contributed by atoms with Gasteiger partial charge in [0.2, 0.25) is 11.8 Å². The Morgan fingerprint density at radius 1 is 1.22 bits per heavy atom. The third-order valence-electron chi connectivity index (χ3n) is 3.29. The average Bonchev–Trinajstić information content (AvgIpc) is 2.94. The molecule has 0 unspecified atom stereocenters. The van der Waals surface area contributed by atoms with E-state index >= 15 is 0 Å². The van der Waals surface area contributed by atoms with Gasteiger partial charge in [-0.15, -0.1) is 0 Å². The Labute approximate surface area is 139 Å². The molecule has 2 aromatic rings. The average molecular weight is 335 g/mol. The van der Waals surface area contributed by atoms with Gasteiger partial charge in [-0.2, -0.15) is 0 Å². The van der Waals surface area contributed by atoms with E-state index in [9.17, 15) is 9.59 Å². The normalized spacial score (nSPS) is 10.6. The minimum absolute atomic E-state index is 0.0164. The zero-order valence-electron chi connectivity index (χ0n) is 13.6. The molecule has 0 aliphatic rings. The maximum absolute atomic E-state index is 11.9. The molecule has 0 saturated heterocycles. The van der Waals surface area contributed by atoms with Gasteiger partial charge in [-0.25, -0.2) is 4.98 Å². The van der Waals surface area contributed by atoms with Crippen LogP contribution >= 0.6 is 11.3 Å². The molecule has 0 radical (unpaired) electrons. The largest absolute Gasteiger partial charge is 0.494 e. The number of aromatic nitrogens is 1. The highest BCUT2D eigenvalue weighted by atomic mass is 32.1. The first-order valence-corrected chi connectivity index (χ1v) is 8.47. The Balaban J connectivity index is 2.27. The summed E-state index contributed by atoms with van der Waals surface area (Å²) < 4.78 is 6.20. The number of hydrogen-bond acceptors (Lipinski definition) is 5. The van der Waals surface area contributed by atoms with Crippen LogP contribution in [0.2, 0.25) is 0 Å². The summed E-state index contributed by atoms with van der Waals surface area (Å²) in [6.45, 7) is 3.83. The van der Waals surface area contributed by atoms with E-state index in [1.807, 2.05) is 13.0 Å². The van der Waals surface area contributed by atoms with Crippen LogP contribution in [0.4, 0.5) is 10.8 Å². The van der Waals surface area contributed by atoms with Crippen LogP contribution in [0.5, 0.6) is 5.75 Å². The summed E-state index contributed by atoms with van der Waals surface area (Å²) in [4.78, 5) is 27.8. The van der Waals surface area contributed by atoms with Crippen molar-refractivity contribution in [2.75, 3.05) is 17.7 Å². The molecule has 0 aliphatic carbocycles. The second-order valence-electron chi connectivity index (χ2n) is 5.10. The SMILES string of the molecule is CCCCC(=O)Nc1cc(OC)c2nc(NC(=O)CC)sc2c1. The lowest BCUT2D eigenvalue weighted by atomic mass is 10.2. The van der Waals surface area contributed by atoms with Crippen molar-refractivity contribution in [1.29, 1.82) is 0 Å². The molecule has 23 heavy (non-hydrogen) atoms. The number of carbonyl (C=O) groups excluding carboxylic acids is 2. The fraction of sp³-hybridized carbons (Fsp3) is 0.438. The van der Waals surface area contributed by atoms with Crippen LogP contribution in [-0.2, 0) is 9.59 Å². The number of methoxy groups -OCH3 is 1. The number of nitrogens with zero attached hydrogens (tertiary/aromatic N) is 1. The monoisotopic (exact) mass is 335 g/mol. The number of anilines is 2. The van der Waals surface area contributed by atoms with E-state index in [-0.39, 0.29) is 11.8 Å². The predicted octanol–water partition coefficient (Wildman–Crippen LogP) is 3.78. The van der Waals surface area contributed by atoms with Gasteiger partial charge >= 0.3 is 0 Å². The first kappa shape index (κ1) is 17.2. The molecule has 0 atom stereocenters. The molecule has 7 heteroatoms. The Kier molecular flexibility index (Phi) is 5.92. The molecule has 1 aromatic heterocycles. The highest BCUT2D eigenvalue weighted by Crippen LogP contribution is 2.35. The van der Waals surface area contributed by atoms with E-state index in [0.29, 0.717) is 34.9 Å². The van der Waals surface area contributed by atoms with Crippen molar-refractivity contribution in [2.45, 2.75) is 39.5 Å². The number of unbranched alkanes of at least 4 members (excludes halogenated alkanes) is 1. The van der Waals surface area contributed by atoms with Crippen LogP contribution in [0.1, 0.15) is 39.5 Å². The molecule has 1 aromatic carbocycles. The van der Waals surface area contributed by atoms with Crippen molar-refractivity contribution in [2.24, 2.45) is 0 Å². The van der Waals surface area contributed by atoms with E-state index in [1.54, 1.807) is 20.1 Å². The highest BCUT2D eigenvalue weighted by molar-refractivity contribution is 7.22. The van der Waals surface area contributed by atoms with Crippen molar-refractivity contribution < 1.29 is 14.3 Å². The molecule has 0 spiro atoms. The second kappa shape index (κ2) is 7.92. The summed E-state index contributed by atoms with van der Waals surface area (Å²) >= 11 is 1.36. The van der Waals surface area contributed by atoms with Gasteiger partial charge in [-0.3, -0.25) is 9.59 Å². The molecule has 0 aliphatic heterocycles. The van der Waals surface area contributed by atoms with Gasteiger partial charge in [0.25, 0.3) is 0 Å². The van der Waals surface area contributed by atoms with E-state index in [1.165, 1.54) is 11.3 Å². The van der Waals surface area contributed by atoms with Gasteiger partial charge in [0, 0.05) is 24.6 Å². The molecule has 0 bridgehead atoms. The molecule has 1 heterocycles. The van der Waals surface area contributed by atoms with Gasteiger partial charge < -0.3 is 15.4 Å². The zero-order valence-corrected chi connectivity index (χ0v) is 14.4. The van der Waals surface area contributed by atoms with Gasteiger partial charge in [0.05, 0.1) is 11.8 Å². The van der Waals surface area contributed by atoms with Crippen molar-refractivity contribution in [3.63, 3.8) is 0 Å². The fourth-order valence-electron chi connectivity index (χ4n) is 2.05. The third-order valence-corrected chi connectivity index (χ3v) is 4.21. The molecule has 0 fully saturated rings. The Morgan fingerprint density at radius 3 is 2.65 bits per heavy atom. The Bertz CT molecular complexity index is 712. The standard InChI is InChI=1S/C16H21N3O3S/c1-4-6-7-14(21)17-10-8-11(22-3)15-12(9-10)23-16(19-15)18-13(20)5-2/h8-9H,4-7H2,1-3H3,(H,17,21)(H,18,19,20). The maximum Gasteiger partial charge on any atom is 0.225 e. The van der Waals surface area contributed by atoms with Gasteiger partial charge in [-0.1, -0.05) is 31.6 Å². The Morgan fingerprint density at radius 2 is 2.00 bits per heavy atom. The number of amides is 2. The molecule has 6 nitrogen and oxygen atoms in total. The molecule has 2 amide bonds. The number of ether oxygens (including phenoxy) is 1. The molecule has 2 N–H and O–H groups in total. The quantitative estimate of drug-likeness (QED) is 0.807. The number of thiazole rings is 1. The minimum atomic E-state index is -0.0869. The number of benzene rings is 1. The molecule has 0 saturated carbocycles. The predicted molar refractivity (Wildman–Crippen MR) is 93.2 cm³/mol. The van der Waals surface area contributed by atoms with Gasteiger partial charge in [0.1, 0.15) is 11.3 Å². The van der Waals surface area contributed by atoms with Crippen molar-refractivity contribution in [3.8, 4) is 5.75 Å². The number of nitrogens with one attached hydrogen (secondary N) is 2. The molecule has 124 valence electrons. The Hall–Kier alpha value is -2.15. The lowest BCUT2D eigenvalue weighted by Crippen LogP contribution is -2.10. The first-order valence-electron chi connectivity index (χ1n) is 7.65. The van der Waals surface area contributed by atoms with E-state index in [2.05, 4.69) is 15.6 Å². The lowest BCUT2D eigenvalue weighted by molar-refractivity contribution is -0.116. The summed E-state index contributed by atoms with van der Waals surface area (Å²) in [6, 6.07) is 3.60. The maximum atomic E-state index is 11.9. The smallest absolute Gasteiger partial charge is 0.225 e. The first-order chi connectivity index (χ1) is 11.1. The van der Waals surface area contributed by atoms with E-state index in [4.69, 9.17) is 4.74 Å². The van der Waals surface area contributed by atoms with Crippen molar-refractivity contribution >= 4 is 44.2 Å². The van der Waals surface area contributed by atoms with Gasteiger partial charge in [-0.05, 0) is 12.5 Å². The minimum Gasteiger partial charge on any atom is -0.494 e. The van der Waals surface area contributed by atoms with Crippen LogP contribution in [0.3, 0.4) is 0 Å². The van der Waals surface area contributed by atoms with E-state index in [0.717, 1.165) is 17.5 Å². The molecule has 2 rings (SSSR count). The summed E-state index contributed by atoms with van der Waals surface area (Å²) in [5.41, 5.74) is 1.35. The second-order valence-corrected chi connectivity index (χ2v) is 6.13. The number of carbonyl (C=O) groups is 2. The number of hydrogen-bond donors (Lipinski definition) is 2. The summed E-state index contributed by atoms with van der Waals surface area (Å²) in [6.07, 6.45) is 2.73. The van der Waals surface area contributed by atoms with Crippen LogP contribution < -0.4 is 15.4 Å². The summed E-state index contributed by atoms with van der Waals surface area (Å²) in [7, 11) is 1.56. The third kappa shape index (κ3) is 4.41. The van der Waals surface area contributed by atoms with Crippen LogP contribution in [0.25, 0.3) is 10.2 Å². The topological polar surface area (TPSA) is 80.3 Å². The molecular formula is C16H21N3O3S. The lowest BCUT2D eigenvalue weighted by Gasteiger charge is -2.07. The van der Waals surface area contributed by atoms with Crippen LogP contribution in [0.15, 0.2) is 12.1 Å². The fourth-order valence-corrected chi connectivity index (χ4v) is 2.99.